The normalized spacial score (nSPS) is 4.36. The molecule has 0 spiro atoms. The van der Waals surface area contributed by atoms with E-state index >= 15 is 0 Å². The van der Waals surface area contributed by atoms with E-state index in [1.807, 2.05) is 0 Å². The van der Waals surface area contributed by atoms with Gasteiger partial charge in [0.05, 0.1) is 10.2 Å². The minimum atomic E-state index is -1.75. The van der Waals surface area contributed by atoms with Crippen molar-refractivity contribution >= 4 is 37.7 Å². The van der Waals surface area contributed by atoms with E-state index in [1.165, 1.54) is 0 Å². The zero-order valence-electron chi connectivity index (χ0n) is 8.05. The molecule has 0 heterocycles. The van der Waals surface area contributed by atoms with Crippen molar-refractivity contribution in [1.29, 1.82) is 0 Å². The van der Waals surface area contributed by atoms with Crippen LogP contribution < -0.4 is 80.9 Å². The maximum atomic E-state index is 8.25. The fourth-order valence-corrected chi connectivity index (χ4v) is 0. The third kappa shape index (κ3) is 247. The number of hydrogen-bond acceptors (Lipinski definition) is 6. The van der Waals surface area contributed by atoms with Crippen LogP contribution in [0.1, 0.15) is 2.85 Å². The van der Waals surface area contributed by atoms with Crippen LogP contribution in [0.15, 0.2) is 0 Å². The Morgan fingerprint density at radius 2 is 0.909 bits per heavy atom. The van der Waals surface area contributed by atoms with E-state index in [-0.39, 0.29) is 122 Å². The van der Waals surface area contributed by atoms with Gasteiger partial charge in [-0.2, -0.15) is 0 Å². The smallest absolute Gasteiger partial charge is 1.00 e. The molecule has 0 unspecified atom stereocenters. The summed E-state index contributed by atoms with van der Waals surface area (Å²) < 4.78 is 0. The van der Waals surface area contributed by atoms with Gasteiger partial charge < -0.3 is 33.5 Å². The first-order valence-electron chi connectivity index (χ1n) is 1.10. The van der Waals surface area contributed by atoms with Crippen LogP contribution in [0.5, 0.6) is 0 Å². The average Bonchev–Trinajstić information content (AvgIpc) is 1.25. The molecule has 11 heteroatoms. The zero-order valence-corrected chi connectivity index (χ0v) is 13.4. The largest absolute Gasteiger partial charge is 2.00 e. The molecule has 0 saturated heterocycles. The quantitative estimate of drug-likeness (QED) is 0.230. The van der Waals surface area contributed by atoms with Crippen molar-refractivity contribution in [3.63, 3.8) is 0 Å². The van der Waals surface area contributed by atoms with Gasteiger partial charge in [-0.3, -0.25) is 0 Å². The van der Waals surface area contributed by atoms with Gasteiger partial charge in [0.1, 0.15) is 0 Å². The van der Waals surface area contributed by atoms with Gasteiger partial charge in [-0.1, -0.05) is 0 Å². The Kier molecular flexibility index (Phi) is 60.5. The van der Waals surface area contributed by atoms with Crippen molar-refractivity contribution in [1.82, 2.24) is 0 Å². The molecule has 0 aliphatic heterocycles. The molecule has 0 aliphatic rings. The molecule has 8 nitrogen and oxygen atoms in total. The molecule has 0 rings (SSSR count). The average molecular weight is 228 g/mol. The first-order valence-corrected chi connectivity index (χ1v) is 1.10. The van der Waals surface area contributed by atoms with E-state index in [2.05, 4.69) is 0 Å². The number of rotatable bonds is 0. The van der Waals surface area contributed by atoms with Crippen LogP contribution in [0, 0.1) is 30.6 Å². The van der Waals surface area contributed by atoms with Gasteiger partial charge in [0.25, 0.3) is 0 Å². The molecule has 0 N–H and O–H groups in total. The molecule has 0 bridgehead atoms. The summed E-state index contributed by atoms with van der Waals surface area (Å²) in [5.41, 5.74) is 0. The van der Waals surface area contributed by atoms with Gasteiger partial charge >= 0.3 is 119 Å². The minimum absolute atomic E-state index is 0. The van der Waals surface area contributed by atoms with Crippen molar-refractivity contribution in [2.45, 2.75) is 0 Å². The second-order valence-electron chi connectivity index (χ2n) is 0.447. The van der Waals surface area contributed by atoms with E-state index in [0.717, 1.165) is 0 Å². The van der Waals surface area contributed by atoms with Crippen molar-refractivity contribution in [2.24, 2.45) is 0 Å². The summed E-state index contributed by atoms with van der Waals surface area (Å²) in [4.78, 5) is 16.5. The Labute approximate surface area is 159 Å². The van der Waals surface area contributed by atoms with Gasteiger partial charge in [0.15, 0.2) is 0 Å². The van der Waals surface area contributed by atoms with Crippen LogP contribution >= 0.6 is 0 Å². The SMILES string of the molecule is O=[N+]([O-])[O-].O=[N+]([O-])[O-].[Ca+2].[H-].[H-].[K+].[Na+]. The Hall–Kier alpha value is 2.30. The van der Waals surface area contributed by atoms with E-state index in [9.17, 15) is 0 Å². The van der Waals surface area contributed by atoms with E-state index in [0.29, 0.717) is 0 Å². The second kappa shape index (κ2) is 22.8. The van der Waals surface area contributed by atoms with E-state index in [4.69, 9.17) is 30.6 Å². The minimum Gasteiger partial charge on any atom is -1.00 e. The summed E-state index contributed by atoms with van der Waals surface area (Å²) in [5.74, 6) is 0. The van der Waals surface area contributed by atoms with Crippen molar-refractivity contribution in [3.8, 4) is 0 Å². The predicted octanol–water partition coefficient (Wildman–Crippen LogP) is -6.63. The molecule has 0 radical (unpaired) electrons. The summed E-state index contributed by atoms with van der Waals surface area (Å²) in [6.45, 7) is 0. The molecule has 0 aromatic heterocycles. The van der Waals surface area contributed by atoms with Gasteiger partial charge in [-0.25, -0.2) is 0 Å². The number of hydrogen-bond donors (Lipinski definition) is 0. The summed E-state index contributed by atoms with van der Waals surface area (Å²) >= 11 is 0. The molecule has 52 valence electrons. The Balaban J connectivity index is -0.00000000800. The Bertz CT molecular complexity index is 86.6. The molecule has 0 saturated carbocycles. The van der Waals surface area contributed by atoms with Crippen molar-refractivity contribution in [3.05, 3.63) is 30.6 Å². The standard InChI is InChI=1S/Ca.K.2NO3.Na.2H/c;;2*2-1(3)4;;;/q+2;+1;2*-1;+1;2*-1. The maximum absolute atomic E-state index is 8.25. The maximum Gasteiger partial charge on any atom is 2.00 e. The summed E-state index contributed by atoms with van der Waals surface area (Å²) in [6.07, 6.45) is 0. The predicted molar refractivity (Wildman–Crippen MR) is 28.7 cm³/mol. The topological polar surface area (TPSA) is 132 Å². The fourth-order valence-electron chi connectivity index (χ4n) is 0. The van der Waals surface area contributed by atoms with Crippen LogP contribution in [0.2, 0.25) is 0 Å². The summed E-state index contributed by atoms with van der Waals surface area (Å²) in [6, 6.07) is 0. The van der Waals surface area contributed by atoms with E-state index in [1.54, 1.807) is 0 Å². The van der Waals surface area contributed by atoms with Crippen LogP contribution in [-0.2, 0) is 0 Å². The Morgan fingerprint density at radius 1 is 0.909 bits per heavy atom. The van der Waals surface area contributed by atoms with Gasteiger partial charge in [0.2, 0.25) is 0 Å². The third-order valence-corrected chi connectivity index (χ3v) is 0. The third-order valence-electron chi connectivity index (χ3n) is 0. The monoisotopic (exact) mass is 228 g/mol. The van der Waals surface area contributed by atoms with Gasteiger partial charge in [0, 0.05) is 0 Å². The van der Waals surface area contributed by atoms with E-state index < -0.39 is 10.2 Å². The van der Waals surface area contributed by atoms with Crippen molar-refractivity contribution < 1.29 is 94.0 Å². The van der Waals surface area contributed by atoms with Crippen LogP contribution in [0.4, 0.5) is 0 Å². The van der Waals surface area contributed by atoms with Crippen LogP contribution in [-0.4, -0.2) is 47.9 Å². The van der Waals surface area contributed by atoms with Crippen LogP contribution in [0.25, 0.3) is 0 Å². The molecular weight excluding hydrogens is 226 g/mol. The molecule has 0 aliphatic carbocycles. The molecule has 11 heavy (non-hydrogen) atoms. The second-order valence-corrected chi connectivity index (χ2v) is 0.447. The molecule has 0 aromatic rings. The molecule has 0 atom stereocenters. The molecular formula is H2CaKN2NaO6. The summed E-state index contributed by atoms with van der Waals surface area (Å²) in [5, 5.41) is 29.5. The van der Waals surface area contributed by atoms with Crippen LogP contribution in [0.3, 0.4) is 0 Å². The molecule has 0 aromatic carbocycles. The first kappa shape index (κ1) is 29.2. The molecule has 0 amide bonds. The zero-order chi connectivity index (χ0) is 7.15. The first-order chi connectivity index (χ1) is 3.46. The van der Waals surface area contributed by atoms with Crippen molar-refractivity contribution in [2.75, 3.05) is 0 Å². The molecule has 0 fully saturated rings. The fraction of sp³-hybridized carbons (Fsp3) is 0. The number of nitrogens with zero attached hydrogens (tertiary/aromatic N) is 2. The van der Waals surface area contributed by atoms with Gasteiger partial charge in [-0.15, -0.1) is 0 Å². The van der Waals surface area contributed by atoms with Gasteiger partial charge in [-0.05, 0) is 0 Å². The Morgan fingerprint density at radius 3 is 0.909 bits per heavy atom. The summed E-state index contributed by atoms with van der Waals surface area (Å²) in [7, 11) is 0.